The fraction of sp³-hybridized carbons (Fsp3) is 0. The normalized spacial score (nSPS) is 8.92. The van der Waals surface area contributed by atoms with Gasteiger partial charge < -0.3 is 9.90 Å². The van der Waals surface area contributed by atoms with Crippen LogP contribution in [0.1, 0.15) is 10.4 Å². The van der Waals surface area contributed by atoms with Crippen molar-refractivity contribution in [1.82, 2.24) is 10.9 Å². The minimum atomic E-state index is -1.55. The summed E-state index contributed by atoms with van der Waals surface area (Å²) in [6, 6.07) is 8.23. The quantitative estimate of drug-likeness (QED) is 0.557. The van der Waals surface area contributed by atoms with E-state index >= 15 is 0 Å². The number of amides is 2. The zero-order valence-electron chi connectivity index (χ0n) is 6.61. The average molecular weight is 179 g/mol. The molecule has 0 unspecified atom stereocenters. The Morgan fingerprint density at radius 2 is 1.69 bits per heavy atom. The van der Waals surface area contributed by atoms with Gasteiger partial charge in [0.1, 0.15) is 0 Å². The summed E-state index contributed by atoms with van der Waals surface area (Å²) >= 11 is 0. The highest BCUT2D eigenvalue weighted by Crippen LogP contribution is 1.96. The van der Waals surface area contributed by atoms with Crippen LogP contribution in [0.4, 0.5) is 4.79 Å². The predicted octanol–water partition coefficient (Wildman–Crippen LogP) is -0.736. The van der Waals surface area contributed by atoms with Crippen LogP contribution in [-0.2, 0) is 0 Å². The van der Waals surface area contributed by atoms with Gasteiger partial charge in [0.15, 0.2) is 6.09 Å². The van der Waals surface area contributed by atoms with Crippen molar-refractivity contribution in [2.45, 2.75) is 0 Å². The summed E-state index contributed by atoms with van der Waals surface area (Å²) in [6.45, 7) is 0. The summed E-state index contributed by atoms with van der Waals surface area (Å²) < 4.78 is 0. The van der Waals surface area contributed by atoms with E-state index in [0.29, 0.717) is 5.56 Å². The summed E-state index contributed by atoms with van der Waals surface area (Å²) in [4.78, 5) is 21.0. The first-order chi connectivity index (χ1) is 6.20. The summed E-state index contributed by atoms with van der Waals surface area (Å²) in [5, 5.41) is 9.90. The molecule has 0 heterocycles. The fourth-order valence-corrected chi connectivity index (χ4v) is 0.769. The SMILES string of the molecule is O=C([O-])NNC(=O)c1ccccc1. The molecule has 0 radical (unpaired) electrons. The fourth-order valence-electron chi connectivity index (χ4n) is 0.769. The number of hydrazine groups is 1. The molecule has 5 heteroatoms. The number of benzene rings is 1. The van der Waals surface area contributed by atoms with Gasteiger partial charge in [-0.15, -0.1) is 0 Å². The topological polar surface area (TPSA) is 81.3 Å². The number of carbonyl (C=O) groups excluding carboxylic acids is 2. The Hall–Kier alpha value is -2.04. The molecule has 0 spiro atoms. The van der Waals surface area contributed by atoms with Crippen LogP contribution in [-0.4, -0.2) is 12.0 Å². The number of carboxylic acid groups (broad SMARTS) is 1. The zero-order valence-corrected chi connectivity index (χ0v) is 6.61. The first kappa shape index (κ1) is 9.05. The Bertz CT molecular complexity index is 310. The smallest absolute Gasteiger partial charge is 0.269 e. The second kappa shape index (κ2) is 4.10. The molecule has 0 aromatic heterocycles. The van der Waals surface area contributed by atoms with Crippen LogP contribution >= 0.6 is 0 Å². The number of hydrogen-bond donors (Lipinski definition) is 2. The summed E-state index contributed by atoms with van der Waals surface area (Å²) in [6.07, 6.45) is -1.55. The van der Waals surface area contributed by atoms with Gasteiger partial charge in [-0.2, -0.15) is 0 Å². The second-order valence-electron chi connectivity index (χ2n) is 2.23. The van der Waals surface area contributed by atoms with Gasteiger partial charge in [0.25, 0.3) is 5.91 Å². The van der Waals surface area contributed by atoms with E-state index < -0.39 is 12.0 Å². The molecule has 5 nitrogen and oxygen atoms in total. The van der Waals surface area contributed by atoms with Crippen molar-refractivity contribution in [2.24, 2.45) is 0 Å². The standard InChI is InChI=1S/C8H8N2O3/c11-7(9-10-8(12)13)6-4-2-1-3-5-6/h1-5,10H,(H,9,11)(H,12,13)/p-1. The maximum Gasteiger partial charge on any atom is 0.269 e. The largest absolute Gasteiger partial charge is 0.529 e. The Morgan fingerprint density at radius 1 is 1.08 bits per heavy atom. The molecular weight excluding hydrogens is 172 g/mol. The van der Waals surface area contributed by atoms with Gasteiger partial charge in [0.05, 0.1) is 0 Å². The molecule has 0 aliphatic rings. The van der Waals surface area contributed by atoms with E-state index in [1.54, 1.807) is 35.8 Å². The molecule has 0 aliphatic carbocycles. The molecule has 0 saturated heterocycles. The van der Waals surface area contributed by atoms with Crippen LogP contribution in [0.3, 0.4) is 0 Å². The summed E-state index contributed by atoms with van der Waals surface area (Å²) in [7, 11) is 0. The van der Waals surface area contributed by atoms with Crippen LogP contribution in [0.25, 0.3) is 0 Å². The van der Waals surface area contributed by atoms with E-state index in [2.05, 4.69) is 0 Å². The van der Waals surface area contributed by atoms with E-state index in [4.69, 9.17) is 0 Å². The molecule has 1 aromatic rings. The maximum atomic E-state index is 11.1. The summed E-state index contributed by atoms with van der Waals surface area (Å²) in [5.41, 5.74) is 3.97. The van der Waals surface area contributed by atoms with Gasteiger partial charge in [-0.1, -0.05) is 18.2 Å². The molecule has 1 aromatic carbocycles. The van der Waals surface area contributed by atoms with Crippen LogP contribution in [0.2, 0.25) is 0 Å². The summed E-state index contributed by atoms with van der Waals surface area (Å²) in [5.74, 6) is -0.523. The Kier molecular flexibility index (Phi) is 2.86. The predicted molar refractivity (Wildman–Crippen MR) is 42.4 cm³/mol. The Labute approximate surface area is 74.3 Å². The van der Waals surface area contributed by atoms with Gasteiger partial charge in [0, 0.05) is 5.56 Å². The number of rotatable bonds is 1. The first-order valence-corrected chi connectivity index (χ1v) is 3.52. The van der Waals surface area contributed by atoms with Crippen molar-refractivity contribution in [3.63, 3.8) is 0 Å². The van der Waals surface area contributed by atoms with Crippen LogP contribution in [0, 0.1) is 0 Å². The molecule has 2 N–H and O–H groups in total. The molecule has 0 aliphatic heterocycles. The van der Waals surface area contributed by atoms with Crippen LogP contribution in [0.15, 0.2) is 30.3 Å². The maximum absolute atomic E-state index is 11.1. The van der Waals surface area contributed by atoms with Crippen molar-refractivity contribution < 1.29 is 14.7 Å². The van der Waals surface area contributed by atoms with Gasteiger partial charge >= 0.3 is 0 Å². The third-order valence-corrected chi connectivity index (χ3v) is 1.31. The van der Waals surface area contributed by atoms with Crippen molar-refractivity contribution in [3.05, 3.63) is 35.9 Å². The molecule has 0 bridgehead atoms. The van der Waals surface area contributed by atoms with Crippen molar-refractivity contribution in [1.29, 1.82) is 0 Å². The average Bonchev–Trinajstić information content (AvgIpc) is 2.15. The highest BCUT2D eigenvalue weighted by molar-refractivity contribution is 5.94. The van der Waals surface area contributed by atoms with Gasteiger partial charge in [-0.25, -0.2) is 0 Å². The minimum absolute atomic E-state index is 0.372. The third-order valence-electron chi connectivity index (χ3n) is 1.31. The van der Waals surface area contributed by atoms with E-state index in [0.717, 1.165) is 0 Å². The van der Waals surface area contributed by atoms with Crippen molar-refractivity contribution in [3.8, 4) is 0 Å². The lowest BCUT2D eigenvalue weighted by molar-refractivity contribution is -0.251. The zero-order chi connectivity index (χ0) is 9.68. The van der Waals surface area contributed by atoms with Gasteiger partial charge in [-0.05, 0) is 12.1 Å². The lowest BCUT2D eigenvalue weighted by Gasteiger charge is -2.07. The molecule has 0 fully saturated rings. The number of nitrogens with one attached hydrogen (secondary N) is 2. The van der Waals surface area contributed by atoms with Crippen LogP contribution in [0.5, 0.6) is 0 Å². The first-order valence-electron chi connectivity index (χ1n) is 3.52. The second-order valence-corrected chi connectivity index (χ2v) is 2.23. The highest BCUT2D eigenvalue weighted by Gasteiger charge is 2.01. The van der Waals surface area contributed by atoms with Gasteiger partial charge in [-0.3, -0.25) is 15.6 Å². The molecule has 2 amide bonds. The van der Waals surface area contributed by atoms with E-state index in [1.165, 1.54) is 0 Å². The lowest BCUT2D eigenvalue weighted by atomic mass is 10.2. The number of hydrogen-bond acceptors (Lipinski definition) is 3. The van der Waals surface area contributed by atoms with Crippen LogP contribution < -0.4 is 16.0 Å². The molecular formula is C8H7N2O3-. The van der Waals surface area contributed by atoms with Crippen molar-refractivity contribution in [2.75, 3.05) is 0 Å². The minimum Gasteiger partial charge on any atom is -0.529 e. The third kappa shape index (κ3) is 2.82. The molecule has 0 saturated carbocycles. The molecule has 1 rings (SSSR count). The Balaban J connectivity index is 2.54. The highest BCUT2D eigenvalue weighted by atomic mass is 16.4. The molecule has 68 valence electrons. The van der Waals surface area contributed by atoms with Crippen molar-refractivity contribution >= 4 is 12.0 Å². The lowest BCUT2D eigenvalue weighted by Crippen LogP contribution is -2.48. The van der Waals surface area contributed by atoms with Gasteiger partial charge in [0.2, 0.25) is 0 Å². The van der Waals surface area contributed by atoms with E-state index in [-0.39, 0.29) is 0 Å². The molecule has 0 atom stereocenters. The van der Waals surface area contributed by atoms with E-state index in [1.807, 2.05) is 5.43 Å². The monoisotopic (exact) mass is 179 g/mol. The van der Waals surface area contributed by atoms with E-state index in [9.17, 15) is 14.7 Å². The Morgan fingerprint density at radius 3 is 2.23 bits per heavy atom. The number of carbonyl (C=O) groups is 2. The molecule has 13 heavy (non-hydrogen) atoms.